The van der Waals surface area contributed by atoms with Crippen LogP contribution in [0.4, 0.5) is 17.0 Å². The summed E-state index contributed by atoms with van der Waals surface area (Å²) in [6.45, 7) is 10.0. The van der Waals surface area contributed by atoms with Crippen LogP contribution in [0.5, 0.6) is 5.75 Å². The van der Waals surface area contributed by atoms with Gasteiger partial charge in [0.15, 0.2) is 16.4 Å². The van der Waals surface area contributed by atoms with Crippen molar-refractivity contribution in [2.24, 2.45) is 11.8 Å². The fourth-order valence-corrected chi connectivity index (χ4v) is 12.2. The molecule has 1 saturated carbocycles. The normalized spacial score (nSPS) is 19.9. The van der Waals surface area contributed by atoms with Gasteiger partial charge in [-0.25, -0.2) is 14.8 Å². The quantitative estimate of drug-likeness (QED) is 0.0876. The van der Waals surface area contributed by atoms with Gasteiger partial charge >= 0.3 is 5.97 Å². The molecule has 4 aromatic carbocycles. The van der Waals surface area contributed by atoms with E-state index in [1.807, 2.05) is 103 Å². The summed E-state index contributed by atoms with van der Waals surface area (Å²) in [4.78, 5) is 71.6. The van der Waals surface area contributed by atoms with Crippen LogP contribution in [-0.4, -0.2) is 94.0 Å². The Labute approximate surface area is 428 Å². The lowest BCUT2D eigenvalue weighted by Gasteiger charge is -2.35. The summed E-state index contributed by atoms with van der Waals surface area (Å²) < 4.78 is 13.9. The smallest absolute Gasteiger partial charge is 0.355 e. The van der Waals surface area contributed by atoms with E-state index in [2.05, 4.69) is 32.3 Å². The number of nitrogens with zero attached hydrogens (tertiary/aromatic N) is 6. The monoisotopic (exact) mass is 1000 g/mol. The lowest BCUT2D eigenvalue weighted by molar-refractivity contribution is -0.134. The SMILES string of the molecule is Cc1c(OC2CCC(CC[C@@H](C)CN3CCN(c4nc5ccc([C@H]6CCC(=O)NC6=O)cc5o4)CC3)CC2)cccc1-c1ccc(N2CCc3cccc(C(=O)Nc4nc5ccccc5s4)c3C2)nc1C(=O)O. The Balaban J connectivity index is 0.655. The number of aromatic nitrogens is 3. The first-order chi connectivity index (χ1) is 35.5. The topological polar surface area (TPSA) is 183 Å². The highest BCUT2D eigenvalue weighted by Gasteiger charge is 2.31. The molecule has 0 unspecified atom stereocenters. The molecule has 0 radical (unpaired) electrons. The molecule has 3 aliphatic heterocycles. The fourth-order valence-electron chi connectivity index (χ4n) is 11.3. The van der Waals surface area contributed by atoms with Gasteiger partial charge in [0.1, 0.15) is 17.1 Å². The van der Waals surface area contributed by atoms with Gasteiger partial charge in [-0.3, -0.25) is 29.9 Å². The van der Waals surface area contributed by atoms with E-state index in [0.29, 0.717) is 77.9 Å². The van der Waals surface area contributed by atoms with E-state index in [0.717, 1.165) is 108 Å². The van der Waals surface area contributed by atoms with Gasteiger partial charge in [0.2, 0.25) is 11.8 Å². The summed E-state index contributed by atoms with van der Waals surface area (Å²) in [6, 6.07) is 29.5. The van der Waals surface area contributed by atoms with Crippen LogP contribution in [0.1, 0.15) is 107 Å². The number of carboxylic acid groups (broad SMARTS) is 1. The number of nitrogens with one attached hydrogen (secondary N) is 2. The zero-order chi connectivity index (χ0) is 50.2. The van der Waals surface area contributed by atoms with Gasteiger partial charge in [-0.15, -0.1) is 0 Å². The number of aromatic carboxylic acids is 1. The number of hydrogen-bond donors (Lipinski definition) is 3. The molecule has 3 aromatic heterocycles. The van der Waals surface area contributed by atoms with E-state index in [1.165, 1.54) is 24.2 Å². The second-order valence-electron chi connectivity index (χ2n) is 20.3. The van der Waals surface area contributed by atoms with Crippen molar-refractivity contribution in [2.75, 3.05) is 54.4 Å². The van der Waals surface area contributed by atoms with Gasteiger partial charge in [0.05, 0.1) is 22.2 Å². The second-order valence-corrected chi connectivity index (χ2v) is 21.3. The first-order valence-corrected chi connectivity index (χ1v) is 26.6. The molecular formula is C57H60N8O7S. The van der Waals surface area contributed by atoms with Crippen LogP contribution < -0.4 is 25.2 Å². The molecule has 2 saturated heterocycles. The van der Waals surface area contributed by atoms with E-state index in [1.54, 1.807) is 0 Å². The molecule has 6 heterocycles. The number of pyridine rings is 1. The van der Waals surface area contributed by atoms with Crippen molar-refractivity contribution < 1.29 is 33.4 Å². The molecule has 3 amide bonds. The Morgan fingerprint density at radius 3 is 2.48 bits per heavy atom. The van der Waals surface area contributed by atoms with Crippen molar-refractivity contribution in [2.45, 2.75) is 90.2 Å². The number of amides is 3. The van der Waals surface area contributed by atoms with Crippen LogP contribution in [0.15, 0.2) is 95.4 Å². The average molecular weight is 1000 g/mol. The average Bonchev–Trinajstić information content (AvgIpc) is 4.03. The van der Waals surface area contributed by atoms with Gasteiger partial charge in [-0.2, -0.15) is 4.98 Å². The minimum Gasteiger partial charge on any atom is -0.490 e. The highest BCUT2D eigenvalue weighted by molar-refractivity contribution is 7.22. The summed E-state index contributed by atoms with van der Waals surface area (Å²) in [5.41, 5.74) is 7.85. The second kappa shape index (κ2) is 20.7. The largest absolute Gasteiger partial charge is 0.490 e. The lowest BCUT2D eigenvalue weighted by Crippen LogP contribution is -2.47. The molecule has 7 aromatic rings. The molecule has 1 aliphatic carbocycles. The number of anilines is 3. The number of oxazole rings is 1. The minimum atomic E-state index is -1.10. The number of thiazole rings is 1. The highest BCUT2D eigenvalue weighted by atomic mass is 32.1. The minimum absolute atomic E-state index is 0.0213. The molecule has 2 atom stereocenters. The predicted octanol–water partition coefficient (Wildman–Crippen LogP) is 10.0. The summed E-state index contributed by atoms with van der Waals surface area (Å²) in [5.74, 6) is 0.411. The van der Waals surface area contributed by atoms with E-state index >= 15 is 0 Å². The first kappa shape index (κ1) is 48.1. The lowest BCUT2D eigenvalue weighted by atomic mass is 9.83. The predicted molar refractivity (Wildman–Crippen MR) is 283 cm³/mol. The molecule has 4 aliphatic rings. The van der Waals surface area contributed by atoms with Crippen LogP contribution >= 0.6 is 11.3 Å². The fraction of sp³-hybridized carbons (Fsp3) is 0.386. The van der Waals surface area contributed by atoms with Crippen molar-refractivity contribution in [1.82, 2.24) is 25.2 Å². The molecule has 376 valence electrons. The van der Waals surface area contributed by atoms with Gasteiger partial charge in [0.25, 0.3) is 11.9 Å². The third-order valence-electron chi connectivity index (χ3n) is 15.4. The number of para-hydroxylation sites is 1. The number of piperazine rings is 1. The molecule has 0 bridgehead atoms. The number of piperidine rings is 1. The molecule has 73 heavy (non-hydrogen) atoms. The summed E-state index contributed by atoms with van der Waals surface area (Å²) in [7, 11) is 0. The third-order valence-corrected chi connectivity index (χ3v) is 16.4. The van der Waals surface area contributed by atoms with Crippen LogP contribution in [-0.2, 0) is 22.6 Å². The summed E-state index contributed by atoms with van der Waals surface area (Å²) in [6.07, 6.45) is 8.24. The van der Waals surface area contributed by atoms with Crippen molar-refractivity contribution in [3.63, 3.8) is 0 Å². The highest BCUT2D eigenvalue weighted by Crippen LogP contribution is 2.38. The summed E-state index contributed by atoms with van der Waals surface area (Å²) in [5, 5.41) is 16.5. The van der Waals surface area contributed by atoms with E-state index in [9.17, 15) is 24.3 Å². The zero-order valence-corrected chi connectivity index (χ0v) is 42.1. The number of carboxylic acids is 1. The standard InChI is InChI=1S/C57H60N8O7S/c1-34(32-63-27-29-64(30-28-63)57-59-45-22-17-38(31-48(45)72-57)41-21-24-51(66)61-53(41)67)13-14-36-15-18-39(19-16-36)71-47-11-6-8-40(35(47)2)42-20-23-50(60-52(42)55(69)70)65-26-25-37-7-5-9-43(44(37)33-65)54(68)62-56-58-46-10-3-4-12-49(46)73-56/h3-12,17,20,22-23,31,34,36,39,41H,13-16,18-19,21,24-30,32-33H2,1-2H3,(H,69,70)(H,58,62,68)(H,61,66,67)/t34-,36?,39?,41-/m1/s1. The van der Waals surface area contributed by atoms with Crippen molar-refractivity contribution in [3.05, 3.63) is 125 Å². The molecule has 3 N–H and O–H groups in total. The Bertz CT molecular complexity index is 3190. The maximum absolute atomic E-state index is 13.7. The molecule has 11 rings (SSSR count). The number of benzene rings is 4. The van der Waals surface area contributed by atoms with Gasteiger partial charge < -0.3 is 24.1 Å². The number of carbonyl (C=O) groups excluding carboxylic acids is 3. The Morgan fingerprint density at radius 2 is 1.67 bits per heavy atom. The Hall–Kier alpha value is -7.17. The van der Waals surface area contributed by atoms with Crippen molar-refractivity contribution in [3.8, 4) is 16.9 Å². The van der Waals surface area contributed by atoms with Gasteiger partial charge in [-0.05, 0) is 140 Å². The number of carbonyl (C=O) groups is 4. The number of imide groups is 1. The maximum Gasteiger partial charge on any atom is 0.355 e. The Kier molecular flexibility index (Phi) is 13.7. The number of hydrogen-bond acceptors (Lipinski definition) is 13. The van der Waals surface area contributed by atoms with E-state index in [4.69, 9.17) is 19.1 Å². The molecular weight excluding hydrogens is 941 g/mol. The zero-order valence-electron chi connectivity index (χ0n) is 41.3. The van der Waals surface area contributed by atoms with Crippen LogP contribution in [0, 0.1) is 18.8 Å². The van der Waals surface area contributed by atoms with Gasteiger partial charge in [0, 0.05) is 63.4 Å². The van der Waals surface area contributed by atoms with E-state index < -0.39 is 5.97 Å². The van der Waals surface area contributed by atoms with Crippen LogP contribution in [0.2, 0.25) is 0 Å². The van der Waals surface area contributed by atoms with Crippen molar-refractivity contribution >= 4 is 73.3 Å². The molecule has 0 spiro atoms. The first-order valence-electron chi connectivity index (χ1n) is 25.7. The molecule has 15 nitrogen and oxygen atoms in total. The number of fused-ring (bicyclic) bond motifs is 3. The number of ether oxygens (including phenoxy) is 1. The maximum atomic E-state index is 13.7. The van der Waals surface area contributed by atoms with Gasteiger partial charge in [-0.1, -0.05) is 67.1 Å². The molecule has 3 fully saturated rings. The Morgan fingerprint density at radius 1 is 0.849 bits per heavy atom. The molecule has 16 heteroatoms. The van der Waals surface area contributed by atoms with Crippen LogP contribution in [0.3, 0.4) is 0 Å². The van der Waals surface area contributed by atoms with E-state index in [-0.39, 0.29) is 35.4 Å². The van der Waals surface area contributed by atoms with Crippen LogP contribution in [0.25, 0.3) is 32.4 Å². The van der Waals surface area contributed by atoms with Crippen molar-refractivity contribution in [1.29, 1.82) is 0 Å². The third kappa shape index (κ3) is 10.4. The summed E-state index contributed by atoms with van der Waals surface area (Å²) >= 11 is 1.44. The number of rotatable bonds is 14.